The average Bonchev–Trinajstić information content (AvgIpc) is 2.82. The van der Waals surface area contributed by atoms with Gasteiger partial charge in [0.2, 0.25) is 21.8 Å². The van der Waals surface area contributed by atoms with E-state index in [-0.39, 0.29) is 18.3 Å². The van der Waals surface area contributed by atoms with Gasteiger partial charge in [0.15, 0.2) is 0 Å². The normalized spacial score (nSPS) is 13.5. The molecule has 0 unspecified atom stereocenters. The zero-order chi connectivity index (χ0) is 28.0. The van der Waals surface area contributed by atoms with E-state index >= 15 is 0 Å². The Hall–Kier alpha value is -2.79. The van der Waals surface area contributed by atoms with Gasteiger partial charge in [0, 0.05) is 12.6 Å². The number of benzene rings is 2. The second-order valence-electron chi connectivity index (χ2n) is 8.75. The van der Waals surface area contributed by atoms with E-state index in [1.807, 2.05) is 44.2 Å². The number of halogens is 4. The summed E-state index contributed by atoms with van der Waals surface area (Å²) in [5, 5.41) is 2.20. The van der Waals surface area contributed by atoms with E-state index in [0.717, 1.165) is 24.0 Å². The zero-order valence-corrected chi connectivity index (χ0v) is 22.6. The number of hydrogen-bond acceptors (Lipinski definition) is 4. The molecule has 0 aliphatic rings. The molecule has 12 heteroatoms. The summed E-state index contributed by atoms with van der Waals surface area (Å²) in [5.41, 5.74) is -0.704. The number of carbonyl (C=O) groups is 2. The number of rotatable bonds is 11. The van der Waals surface area contributed by atoms with Crippen molar-refractivity contribution in [2.75, 3.05) is 23.7 Å². The maximum Gasteiger partial charge on any atom is 0.417 e. The molecule has 204 valence electrons. The number of alkyl halides is 3. The standard InChI is InChI=1S/C25H31ClF3N3O4S/c1-5-17(2)30-24(34)18(3)31(14-13-19-9-7-6-8-10-19)23(33)16-32(37(4,35)36)20-11-12-22(26)21(15-20)25(27,28)29/h6-12,15,17-18H,5,13-14,16H2,1-4H3,(H,30,34)/t17-,18-/m1/s1. The number of sulfonamides is 1. The monoisotopic (exact) mass is 561 g/mol. The van der Waals surface area contributed by atoms with Gasteiger partial charge in [-0.05, 0) is 50.5 Å². The lowest BCUT2D eigenvalue weighted by atomic mass is 10.1. The van der Waals surface area contributed by atoms with E-state index in [4.69, 9.17) is 11.6 Å². The molecule has 0 bridgehead atoms. The molecule has 2 atom stereocenters. The van der Waals surface area contributed by atoms with Crippen molar-refractivity contribution in [3.05, 3.63) is 64.7 Å². The molecular formula is C25H31ClF3N3O4S. The molecule has 0 aliphatic heterocycles. The molecule has 0 heterocycles. The van der Waals surface area contributed by atoms with E-state index in [2.05, 4.69) is 5.32 Å². The van der Waals surface area contributed by atoms with Gasteiger partial charge >= 0.3 is 6.18 Å². The van der Waals surface area contributed by atoms with Crippen LogP contribution < -0.4 is 9.62 Å². The Kier molecular flexibility index (Phi) is 10.4. The van der Waals surface area contributed by atoms with Crippen molar-refractivity contribution in [2.24, 2.45) is 0 Å². The molecule has 2 amide bonds. The van der Waals surface area contributed by atoms with Crippen LogP contribution in [0.25, 0.3) is 0 Å². The van der Waals surface area contributed by atoms with E-state index < -0.39 is 51.2 Å². The Morgan fingerprint density at radius 3 is 2.24 bits per heavy atom. The van der Waals surface area contributed by atoms with Crippen LogP contribution in [0.1, 0.15) is 38.3 Å². The zero-order valence-electron chi connectivity index (χ0n) is 21.0. The molecule has 2 aromatic carbocycles. The first-order valence-corrected chi connectivity index (χ1v) is 13.9. The van der Waals surface area contributed by atoms with Crippen LogP contribution in [-0.4, -0.2) is 56.6 Å². The van der Waals surface area contributed by atoms with Gasteiger partial charge < -0.3 is 10.2 Å². The summed E-state index contributed by atoms with van der Waals surface area (Å²) in [6.07, 6.45) is -3.00. The topological polar surface area (TPSA) is 86.8 Å². The van der Waals surface area contributed by atoms with Crippen molar-refractivity contribution in [3.8, 4) is 0 Å². The fourth-order valence-electron chi connectivity index (χ4n) is 3.53. The molecule has 0 spiro atoms. The van der Waals surface area contributed by atoms with Crippen LogP contribution in [0.4, 0.5) is 18.9 Å². The third-order valence-corrected chi connectivity index (χ3v) is 7.35. The van der Waals surface area contributed by atoms with Gasteiger partial charge in [0.25, 0.3) is 0 Å². The summed E-state index contributed by atoms with van der Waals surface area (Å²) in [6, 6.07) is 10.7. The summed E-state index contributed by atoms with van der Waals surface area (Å²) in [6.45, 7) is 4.51. The Labute approximate surface area is 220 Å². The van der Waals surface area contributed by atoms with E-state index in [1.165, 1.54) is 11.8 Å². The minimum atomic E-state index is -4.83. The van der Waals surface area contributed by atoms with Gasteiger partial charge in [-0.15, -0.1) is 0 Å². The highest BCUT2D eigenvalue weighted by Gasteiger charge is 2.35. The predicted molar refractivity (Wildman–Crippen MR) is 138 cm³/mol. The van der Waals surface area contributed by atoms with Crippen LogP contribution in [0.2, 0.25) is 5.02 Å². The maximum absolute atomic E-state index is 13.4. The number of anilines is 1. The van der Waals surface area contributed by atoms with Crippen molar-refractivity contribution >= 4 is 39.1 Å². The van der Waals surface area contributed by atoms with Crippen LogP contribution in [0.5, 0.6) is 0 Å². The van der Waals surface area contributed by atoms with Crippen molar-refractivity contribution in [3.63, 3.8) is 0 Å². The van der Waals surface area contributed by atoms with Crippen LogP contribution in [-0.2, 0) is 32.2 Å². The molecule has 0 fully saturated rings. The number of hydrogen-bond donors (Lipinski definition) is 1. The molecular weight excluding hydrogens is 531 g/mol. The van der Waals surface area contributed by atoms with Gasteiger partial charge in [-0.1, -0.05) is 48.9 Å². The first kappa shape index (κ1) is 30.4. The third-order valence-electron chi connectivity index (χ3n) is 5.88. The van der Waals surface area contributed by atoms with Crippen molar-refractivity contribution in [2.45, 2.75) is 51.9 Å². The van der Waals surface area contributed by atoms with Gasteiger partial charge in [-0.25, -0.2) is 8.42 Å². The molecule has 37 heavy (non-hydrogen) atoms. The van der Waals surface area contributed by atoms with Crippen LogP contribution in [0, 0.1) is 0 Å². The third kappa shape index (κ3) is 8.63. The van der Waals surface area contributed by atoms with Crippen LogP contribution in [0.3, 0.4) is 0 Å². The number of nitrogens with zero attached hydrogens (tertiary/aromatic N) is 2. The second kappa shape index (κ2) is 12.6. The van der Waals surface area contributed by atoms with Crippen molar-refractivity contribution in [1.82, 2.24) is 10.2 Å². The number of amides is 2. The molecule has 2 rings (SSSR count). The largest absolute Gasteiger partial charge is 0.417 e. The second-order valence-corrected chi connectivity index (χ2v) is 11.1. The minimum absolute atomic E-state index is 0.0873. The van der Waals surface area contributed by atoms with Crippen LogP contribution in [0.15, 0.2) is 48.5 Å². The summed E-state index contributed by atoms with van der Waals surface area (Å²) < 4.78 is 65.9. The Bertz CT molecular complexity index is 1190. The van der Waals surface area contributed by atoms with E-state index in [9.17, 15) is 31.2 Å². The van der Waals surface area contributed by atoms with E-state index in [1.54, 1.807) is 0 Å². The lowest BCUT2D eigenvalue weighted by Crippen LogP contribution is -2.53. The number of nitrogens with one attached hydrogen (secondary N) is 1. The summed E-state index contributed by atoms with van der Waals surface area (Å²) in [7, 11) is -4.18. The first-order valence-electron chi connectivity index (χ1n) is 11.6. The van der Waals surface area contributed by atoms with Gasteiger partial charge in [-0.3, -0.25) is 13.9 Å². The lowest BCUT2D eigenvalue weighted by Gasteiger charge is -2.32. The predicted octanol–water partition coefficient (Wildman–Crippen LogP) is 4.50. The molecule has 0 aromatic heterocycles. The van der Waals surface area contributed by atoms with Gasteiger partial charge in [0.1, 0.15) is 12.6 Å². The Morgan fingerprint density at radius 2 is 1.70 bits per heavy atom. The molecule has 7 nitrogen and oxygen atoms in total. The summed E-state index contributed by atoms with van der Waals surface area (Å²) in [4.78, 5) is 27.5. The minimum Gasteiger partial charge on any atom is -0.352 e. The highest BCUT2D eigenvalue weighted by atomic mass is 35.5. The molecule has 0 aliphatic carbocycles. The smallest absolute Gasteiger partial charge is 0.352 e. The molecule has 0 saturated carbocycles. The maximum atomic E-state index is 13.4. The number of carbonyl (C=O) groups excluding carboxylic acids is 2. The molecule has 0 saturated heterocycles. The average molecular weight is 562 g/mol. The summed E-state index contributed by atoms with van der Waals surface area (Å²) >= 11 is 5.68. The SMILES string of the molecule is CC[C@@H](C)NC(=O)[C@@H](C)N(CCc1ccccc1)C(=O)CN(c1ccc(Cl)c(C(F)(F)F)c1)S(C)(=O)=O. The highest BCUT2D eigenvalue weighted by molar-refractivity contribution is 7.92. The Morgan fingerprint density at radius 1 is 1.08 bits per heavy atom. The van der Waals surface area contributed by atoms with E-state index in [0.29, 0.717) is 23.2 Å². The van der Waals surface area contributed by atoms with Crippen molar-refractivity contribution < 1.29 is 31.2 Å². The molecule has 1 N–H and O–H groups in total. The molecule has 2 aromatic rings. The quantitative estimate of drug-likeness (QED) is 0.438. The fraction of sp³-hybridized carbons (Fsp3) is 0.440. The lowest BCUT2D eigenvalue weighted by molar-refractivity contribution is -0.139. The van der Waals surface area contributed by atoms with Crippen molar-refractivity contribution in [1.29, 1.82) is 0 Å². The first-order chi connectivity index (χ1) is 17.1. The van der Waals surface area contributed by atoms with Gasteiger partial charge in [-0.2, -0.15) is 13.2 Å². The molecule has 0 radical (unpaired) electrons. The summed E-state index contributed by atoms with van der Waals surface area (Å²) in [5.74, 6) is -1.16. The van der Waals surface area contributed by atoms with Crippen LogP contribution >= 0.6 is 11.6 Å². The Balaban J connectivity index is 2.40. The fourth-order valence-corrected chi connectivity index (χ4v) is 4.60. The highest BCUT2D eigenvalue weighted by Crippen LogP contribution is 2.37. The van der Waals surface area contributed by atoms with Gasteiger partial charge in [0.05, 0.1) is 22.5 Å².